The molecule has 2 aromatic rings. The number of carbonyl (C=O) groups is 1. The minimum absolute atomic E-state index is 0.0207. The van der Waals surface area contributed by atoms with Crippen molar-refractivity contribution in [2.75, 3.05) is 12.4 Å². The van der Waals surface area contributed by atoms with Crippen molar-refractivity contribution in [3.63, 3.8) is 0 Å². The maximum Gasteiger partial charge on any atom is 0.243 e. The number of likely N-dealkylation sites (N-methyl/N-ethyl adjacent to an activating group) is 1. The molecule has 1 N–H and O–H groups in total. The second-order valence-electron chi connectivity index (χ2n) is 6.91. The van der Waals surface area contributed by atoms with E-state index >= 15 is 0 Å². The number of rotatable bonds is 3. The SMILES string of the molecule is CN(C1Cc2cccnc2C1)S(=O)(=O)c1ccc2c(c1)CCCC(=O)N2. The number of aryl methyl sites for hydroxylation is 1. The summed E-state index contributed by atoms with van der Waals surface area (Å²) in [4.78, 5) is 16.3. The molecule has 1 aromatic carbocycles. The van der Waals surface area contributed by atoms with Crippen LogP contribution in [0.5, 0.6) is 0 Å². The lowest BCUT2D eigenvalue weighted by atomic mass is 10.1. The number of fused-ring (bicyclic) bond motifs is 2. The van der Waals surface area contributed by atoms with Crippen molar-refractivity contribution in [2.45, 2.75) is 43.0 Å². The molecule has 1 amide bonds. The van der Waals surface area contributed by atoms with Gasteiger partial charge in [0.1, 0.15) is 0 Å². The van der Waals surface area contributed by atoms with Crippen molar-refractivity contribution < 1.29 is 13.2 Å². The molecule has 7 heteroatoms. The van der Waals surface area contributed by atoms with Gasteiger partial charge in [0.2, 0.25) is 15.9 Å². The van der Waals surface area contributed by atoms with E-state index in [2.05, 4.69) is 10.3 Å². The van der Waals surface area contributed by atoms with Crippen LogP contribution in [-0.4, -0.2) is 36.7 Å². The largest absolute Gasteiger partial charge is 0.326 e. The first-order valence-electron chi connectivity index (χ1n) is 8.79. The molecule has 2 heterocycles. The molecular formula is C19H21N3O3S. The Labute approximate surface area is 153 Å². The molecule has 136 valence electrons. The van der Waals surface area contributed by atoms with E-state index < -0.39 is 10.0 Å². The van der Waals surface area contributed by atoms with Gasteiger partial charge in [-0.15, -0.1) is 0 Å². The number of amides is 1. The standard InChI is InChI=1S/C19H21N3O3S/c1-22(15-10-13-5-3-9-20-18(13)12-15)26(24,25)16-7-8-17-14(11-16)4-2-6-19(23)21-17/h3,5,7-9,11,15H,2,4,6,10,12H2,1H3,(H,21,23). The number of benzene rings is 1. The molecule has 0 saturated carbocycles. The quantitative estimate of drug-likeness (QED) is 0.897. The van der Waals surface area contributed by atoms with E-state index in [1.165, 1.54) is 4.31 Å². The summed E-state index contributed by atoms with van der Waals surface area (Å²) >= 11 is 0. The first kappa shape index (κ1) is 17.2. The van der Waals surface area contributed by atoms with Gasteiger partial charge in [-0.3, -0.25) is 9.78 Å². The predicted molar refractivity (Wildman–Crippen MR) is 98.4 cm³/mol. The average molecular weight is 371 g/mol. The molecule has 2 aliphatic rings. The number of nitrogens with one attached hydrogen (secondary N) is 1. The molecule has 0 bridgehead atoms. The van der Waals surface area contributed by atoms with Gasteiger partial charge in [0.15, 0.2) is 0 Å². The Hall–Kier alpha value is -2.25. The van der Waals surface area contributed by atoms with Crippen molar-refractivity contribution >= 4 is 21.6 Å². The van der Waals surface area contributed by atoms with E-state index in [-0.39, 0.29) is 16.8 Å². The third-order valence-corrected chi connectivity index (χ3v) is 7.17. The van der Waals surface area contributed by atoms with Crippen molar-refractivity contribution in [1.29, 1.82) is 0 Å². The van der Waals surface area contributed by atoms with Crippen LogP contribution in [0.25, 0.3) is 0 Å². The molecular weight excluding hydrogens is 350 g/mol. The Morgan fingerprint density at radius 3 is 2.81 bits per heavy atom. The van der Waals surface area contributed by atoms with E-state index in [0.29, 0.717) is 31.4 Å². The normalized spacial score (nSPS) is 19.6. The third kappa shape index (κ3) is 3.01. The van der Waals surface area contributed by atoms with Crippen LogP contribution in [0.3, 0.4) is 0 Å². The molecule has 0 fully saturated rings. The van der Waals surface area contributed by atoms with Crippen LogP contribution in [0, 0.1) is 0 Å². The molecule has 6 nitrogen and oxygen atoms in total. The van der Waals surface area contributed by atoms with Gasteiger partial charge < -0.3 is 5.32 Å². The first-order valence-corrected chi connectivity index (χ1v) is 10.2. The lowest BCUT2D eigenvalue weighted by molar-refractivity contribution is -0.116. The highest BCUT2D eigenvalue weighted by molar-refractivity contribution is 7.89. The van der Waals surface area contributed by atoms with E-state index in [1.54, 1.807) is 31.4 Å². The zero-order valence-electron chi connectivity index (χ0n) is 14.6. The molecule has 1 aliphatic carbocycles. The Morgan fingerprint density at radius 1 is 1.15 bits per heavy atom. The van der Waals surface area contributed by atoms with Crippen LogP contribution in [-0.2, 0) is 34.1 Å². The number of carbonyl (C=O) groups excluding carboxylic acids is 1. The first-order chi connectivity index (χ1) is 12.4. The monoisotopic (exact) mass is 371 g/mol. The number of sulfonamides is 1. The van der Waals surface area contributed by atoms with Gasteiger partial charge in [-0.1, -0.05) is 6.07 Å². The minimum Gasteiger partial charge on any atom is -0.326 e. The Morgan fingerprint density at radius 2 is 2.00 bits per heavy atom. The highest BCUT2D eigenvalue weighted by Gasteiger charge is 2.33. The van der Waals surface area contributed by atoms with E-state index in [1.807, 2.05) is 12.1 Å². The summed E-state index contributed by atoms with van der Waals surface area (Å²) in [6, 6.07) is 8.75. The maximum absolute atomic E-state index is 13.1. The number of hydrogen-bond acceptors (Lipinski definition) is 4. The summed E-state index contributed by atoms with van der Waals surface area (Å²) in [5.41, 5.74) is 3.68. The van der Waals surface area contributed by atoms with E-state index in [4.69, 9.17) is 0 Å². The summed E-state index contributed by atoms with van der Waals surface area (Å²) in [7, 11) is -1.97. The van der Waals surface area contributed by atoms with Gasteiger partial charge >= 0.3 is 0 Å². The van der Waals surface area contributed by atoms with Crippen LogP contribution in [0.4, 0.5) is 5.69 Å². The Balaban J connectivity index is 1.61. The minimum atomic E-state index is -3.61. The fourth-order valence-corrected chi connectivity index (χ4v) is 5.13. The van der Waals surface area contributed by atoms with Crippen LogP contribution in [0.1, 0.15) is 29.7 Å². The lowest BCUT2D eigenvalue weighted by Gasteiger charge is -2.24. The molecule has 0 radical (unpaired) electrons. The number of hydrogen-bond donors (Lipinski definition) is 1. The zero-order valence-corrected chi connectivity index (χ0v) is 15.4. The van der Waals surface area contributed by atoms with Crippen LogP contribution >= 0.6 is 0 Å². The van der Waals surface area contributed by atoms with E-state index in [0.717, 1.165) is 23.2 Å². The summed E-state index contributed by atoms with van der Waals surface area (Å²) in [5.74, 6) is -0.0207. The highest BCUT2D eigenvalue weighted by Crippen LogP contribution is 2.30. The van der Waals surface area contributed by atoms with Gasteiger partial charge in [0, 0.05) is 43.5 Å². The van der Waals surface area contributed by atoms with Gasteiger partial charge in [-0.05, 0) is 54.7 Å². The van der Waals surface area contributed by atoms with Crippen molar-refractivity contribution in [3.05, 3.63) is 53.3 Å². The fourth-order valence-electron chi connectivity index (χ4n) is 3.72. The number of nitrogens with zero attached hydrogens (tertiary/aromatic N) is 2. The molecule has 1 aliphatic heterocycles. The van der Waals surface area contributed by atoms with Crippen molar-refractivity contribution in [1.82, 2.24) is 9.29 Å². The maximum atomic E-state index is 13.1. The summed E-state index contributed by atoms with van der Waals surface area (Å²) < 4.78 is 27.7. The molecule has 0 saturated heterocycles. The second kappa shape index (κ2) is 6.48. The zero-order chi connectivity index (χ0) is 18.3. The Kier molecular flexibility index (Phi) is 4.28. The lowest BCUT2D eigenvalue weighted by Crippen LogP contribution is -2.37. The van der Waals surface area contributed by atoms with Gasteiger partial charge in [0.25, 0.3) is 0 Å². The molecule has 1 atom stereocenters. The van der Waals surface area contributed by atoms with Crippen LogP contribution in [0.2, 0.25) is 0 Å². The molecule has 26 heavy (non-hydrogen) atoms. The van der Waals surface area contributed by atoms with Gasteiger partial charge in [-0.2, -0.15) is 4.31 Å². The topological polar surface area (TPSA) is 79.4 Å². The predicted octanol–water partition coefficient (Wildman–Crippen LogP) is 2.14. The highest BCUT2D eigenvalue weighted by atomic mass is 32.2. The summed E-state index contributed by atoms with van der Waals surface area (Å²) in [6.07, 6.45) is 4.94. The van der Waals surface area contributed by atoms with Crippen LogP contribution < -0.4 is 5.32 Å². The number of pyridine rings is 1. The third-order valence-electron chi connectivity index (χ3n) is 5.26. The van der Waals surface area contributed by atoms with Gasteiger partial charge in [-0.25, -0.2) is 8.42 Å². The summed E-state index contributed by atoms with van der Waals surface area (Å²) in [6.45, 7) is 0. The second-order valence-corrected chi connectivity index (χ2v) is 8.91. The van der Waals surface area contributed by atoms with Crippen molar-refractivity contribution in [3.8, 4) is 0 Å². The molecule has 0 spiro atoms. The molecule has 1 unspecified atom stereocenters. The molecule has 1 aromatic heterocycles. The summed E-state index contributed by atoms with van der Waals surface area (Å²) in [5, 5.41) is 2.84. The number of aromatic nitrogens is 1. The van der Waals surface area contributed by atoms with Crippen molar-refractivity contribution in [2.24, 2.45) is 0 Å². The Bertz CT molecular complexity index is 947. The number of anilines is 1. The average Bonchev–Trinajstić information content (AvgIpc) is 2.96. The molecule has 4 rings (SSSR count). The smallest absolute Gasteiger partial charge is 0.243 e. The fraction of sp³-hybridized carbons (Fsp3) is 0.368. The van der Waals surface area contributed by atoms with Gasteiger partial charge in [0.05, 0.1) is 4.90 Å². The van der Waals surface area contributed by atoms with E-state index in [9.17, 15) is 13.2 Å². The van der Waals surface area contributed by atoms with Crippen LogP contribution in [0.15, 0.2) is 41.4 Å².